The van der Waals surface area contributed by atoms with Crippen LogP contribution < -0.4 is 0 Å². The molecule has 3 aliphatic rings. The van der Waals surface area contributed by atoms with Crippen molar-refractivity contribution in [1.82, 2.24) is 0 Å². The molecule has 0 radical (unpaired) electrons. The summed E-state index contributed by atoms with van der Waals surface area (Å²) in [7, 11) is 0. The fraction of sp³-hybridized carbons (Fsp3) is 0.800. The molecule has 112 valence electrons. The first-order valence-electron chi connectivity index (χ1n) is 8.67. The first-order valence-corrected chi connectivity index (χ1v) is 8.67. The molecule has 0 nitrogen and oxygen atoms in total. The van der Waals surface area contributed by atoms with Gasteiger partial charge in [0.1, 0.15) is 0 Å². The number of allylic oxidation sites excluding steroid dienone is 3. The zero-order valence-electron chi connectivity index (χ0n) is 14.0. The van der Waals surface area contributed by atoms with Gasteiger partial charge in [-0.1, -0.05) is 44.9 Å². The predicted molar refractivity (Wildman–Crippen MR) is 87.6 cm³/mol. The Balaban J connectivity index is 1.98. The van der Waals surface area contributed by atoms with Gasteiger partial charge in [-0.3, -0.25) is 0 Å². The molecule has 0 aromatic heterocycles. The van der Waals surface area contributed by atoms with Crippen LogP contribution in [0.25, 0.3) is 0 Å². The Morgan fingerprint density at radius 3 is 2.45 bits per heavy atom. The van der Waals surface area contributed by atoms with E-state index in [1.54, 1.807) is 0 Å². The first kappa shape index (κ1) is 14.4. The smallest absolute Gasteiger partial charge is 0.00845 e. The van der Waals surface area contributed by atoms with Gasteiger partial charge in [-0.25, -0.2) is 0 Å². The van der Waals surface area contributed by atoms with Gasteiger partial charge in [0, 0.05) is 0 Å². The third-order valence-corrected chi connectivity index (χ3v) is 7.16. The first-order chi connectivity index (χ1) is 9.31. The van der Waals surface area contributed by atoms with E-state index in [1.165, 1.54) is 51.4 Å². The van der Waals surface area contributed by atoms with Gasteiger partial charge in [-0.2, -0.15) is 0 Å². The van der Waals surface area contributed by atoms with Crippen LogP contribution in [0, 0.1) is 22.2 Å². The van der Waals surface area contributed by atoms with Crippen LogP contribution in [0.1, 0.15) is 79.1 Å². The Hall–Kier alpha value is -0.520. The molecule has 0 N–H and O–H groups in total. The Bertz CT molecular complexity index is 453. The lowest BCUT2D eigenvalue weighted by molar-refractivity contribution is 0.0569. The van der Waals surface area contributed by atoms with Gasteiger partial charge >= 0.3 is 0 Å². The van der Waals surface area contributed by atoms with Crippen molar-refractivity contribution in [1.29, 1.82) is 0 Å². The minimum absolute atomic E-state index is 0.395. The van der Waals surface area contributed by atoms with Crippen LogP contribution in [0.4, 0.5) is 0 Å². The maximum atomic E-state index is 4.11. The molecular weight excluding hydrogens is 240 g/mol. The Morgan fingerprint density at radius 1 is 1.00 bits per heavy atom. The quantitative estimate of drug-likeness (QED) is 0.492. The lowest BCUT2D eigenvalue weighted by atomic mass is 9.49. The maximum Gasteiger partial charge on any atom is -0.00845 e. The molecule has 3 atom stereocenters. The second kappa shape index (κ2) is 4.49. The summed E-state index contributed by atoms with van der Waals surface area (Å²) in [6.45, 7) is 14.1. The fourth-order valence-corrected chi connectivity index (χ4v) is 5.50. The van der Waals surface area contributed by atoms with Crippen LogP contribution >= 0.6 is 0 Å². The molecule has 0 saturated heterocycles. The Morgan fingerprint density at radius 2 is 1.75 bits per heavy atom. The molecule has 0 unspecified atom stereocenters. The number of rotatable bonds is 1. The molecule has 0 bridgehead atoms. The molecule has 0 aliphatic heterocycles. The number of hydrogen-bond donors (Lipinski definition) is 0. The summed E-state index contributed by atoms with van der Waals surface area (Å²) in [5.74, 6) is 0.895. The van der Waals surface area contributed by atoms with Crippen LogP contribution in [0.2, 0.25) is 0 Å². The predicted octanol–water partition coefficient (Wildman–Crippen LogP) is 6.29. The third kappa shape index (κ3) is 2.02. The summed E-state index contributed by atoms with van der Waals surface area (Å²) in [4.78, 5) is 0. The van der Waals surface area contributed by atoms with Crippen LogP contribution in [0.15, 0.2) is 23.8 Å². The summed E-state index contributed by atoms with van der Waals surface area (Å²) < 4.78 is 0. The minimum atomic E-state index is 0.395. The number of hydrogen-bond acceptors (Lipinski definition) is 0. The summed E-state index contributed by atoms with van der Waals surface area (Å²) in [5, 5.41) is 0. The van der Waals surface area contributed by atoms with Crippen molar-refractivity contribution in [3.8, 4) is 0 Å². The molecule has 0 amide bonds. The summed E-state index contributed by atoms with van der Waals surface area (Å²) in [6.07, 6.45) is 13.3. The van der Waals surface area contributed by atoms with Gasteiger partial charge in [0.05, 0.1) is 0 Å². The second-order valence-corrected chi connectivity index (χ2v) is 8.91. The van der Waals surface area contributed by atoms with E-state index in [9.17, 15) is 0 Å². The standard InChI is InChI=1S/C20H32/c1-6-19(4)12-13-20(5)15(14-19)9-10-16-17(20)8-7-11-18(16,2)3/h6,15H,1,7-14H2,2-5H3/t15-,19+,20+/m1/s1. The number of fused-ring (bicyclic) bond motifs is 2. The zero-order chi connectivity index (χ0) is 14.6. The van der Waals surface area contributed by atoms with E-state index in [1.807, 2.05) is 11.1 Å². The van der Waals surface area contributed by atoms with Gasteiger partial charge in [0.15, 0.2) is 0 Å². The van der Waals surface area contributed by atoms with Crippen molar-refractivity contribution in [3.63, 3.8) is 0 Å². The van der Waals surface area contributed by atoms with Crippen LogP contribution in [0.5, 0.6) is 0 Å². The van der Waals surface area contributed by atoms with E-state index in [0.29, 0.717) is 16.2 Å². The third-order valence-electron chi connectivity index (χ3n) is 7.16. The summed E-state index contributed by atoms with van der Waals surface area (Å²) >= 11 is 0. The van der Waals surface area contributed by atoms with E-state index in [4.69, 9.17) is 0 Å². The summed E-state index contributed by atoms with van der Waals surface area (Å²) in [6, 6.07) is 0. The van der Waals surface area contributed by atoms with Gasteiger partial charge < -0.3 is 0 Å². The molecule has 0 heteroatoms. The van der Waals surface area contributed by atoms with Gasteiger partial charge in [0.2, 0.25) is 0 Å². The zero-order valence-corrected chi connectivity index (χ0v) is 14.0. The summed E-state index contributed by atoms with van der Waals surface area (Å²) in [5.41, 5.74) is 5.11. The van der Waals surface area contributed by atoms with E-state index in [0.717, 1.165) is 5.92 Å². The van der Waals surface area contributed by atoms with Crippen LogP contribution in [-0.4, -0.2) is 0 Å². The molecule has 3 rings (SSSR count). The molecule has 3 aliphatic carbocycles. The minimum Gasteiger partial charge on any atom is -0.103 e. The Labute approximate surface area is 125 Å². The topological polar surface area (TPSA) is 0 Å². The van der Waals surface area contributed by atoms with Crippen LogP contribution in [-0.2, 0) is 0 Å². The molecule has 0 heterocycles. The average Bonchev–Trinajstić information content (AvgIpc) is 2.40. The van der Waals surface area contributed by atoms with Crippen molar-refractivity contribution in [2.45, 2.75) is 79.1 Å². The normalized spacial score (nSPS) is 43.7. The molecule has 0 spiro atoms. The van der Waals surface area contributed by atoms with E-state index in [2.05, 4.69) is 40.3 Å². The van der Waals surface area contributed by atoms with E-state index >= 15 is 0 Å². The van der Waals surface area contributed by atoms with Crippen molar-refractivity contribution < 1.29 is 0 Å². The average molecular weight is 272 g/mol. The highest BCUT2D eigenvalue weighted by molar-refractivity contribution is 5.33. The van der Waals surface area contributed by atoms with Crippen LogP contribution in [0.3, 0.4) is 0 Å². The lowest BCUT2D eigenvalue weighted by Crippen LogP contribution is -2.44. The fourth-order valence-electron chi connectivity index (χ4n) is 5.50. The van der Waals surface area contributed by atoms with Crippen molar-refractivity contribution in [2.75, 3.05) is 0 Å². The molecule has 0 aromatic carbocycles. The van der Waals surface area contributed by atoms with Crippen molar-refractivity contribution in [3.05, 3.63) is 23.8 Å². The highest BCUT2D eigenvalue weighted by Gasteiger charge is 2.50. The SMILES string of the molecule is C=C[C@@]1(C)CC[C@]2(C)C3=C(CC[C@@H]2C1)C(C)(C)CCC3. The highest BCUT2D eigenvalue weighted by atomic mass is 14.5. The largest absolute Gasteiger partial charge is 0.103 e. The lowest BCUT2D eigenvalue weighted by Gasteiger charge is -2.55. The molecule has 20 heavy (non-hydrogen) atoms. The van der Waals surface area contributed by atoms with E-state index in [-0.39, 0.29) is 0 Å². The Kier molecular flexibility index (Phi) is 3.23. The van der Waals surface area contributed by atoms with Gasteiger partial charge in [-0.15, -0.1) is 6.58 Å². The highest BCUT2D eigenvalue weighted by Crippen LogP contribution is 2.62. The van der Waals surface area contributed by atoms with E-state index < -0.39 is 0 Å². The van der Waals surface area contributed by atoms with Gasteiger partial charge in [-0.05, 0) is 73.5 Å². The molecular formula is C20H32. The molecule has 1 saturated carbocycles. The maximum absolute atomic E-state index is 4.11. The van der Waals surface area contributed by atoms with Crippen molar-refractivity contribution >= 4 is 0 Å². The monoisotopic (exact) mass is 272 g/mol. The molecule has 1 fully saturated rings. The second-order valence-electron chi connectivity index (χ2n) is 8.91. The van der Waals surface area contributed by atoms with Crippen molar-refractivity contribution in [2.24, 2.45) is 22.2 Å². The van der Waals surface area contributed by atoms with Gasteiger partial charge in [0.25, 0.3) is 0 Å². The molecule has 0 aromatic rings.